The van der Waals surface area contributed by atoms with Crippen LogP contribution in [0.3, 0.4) is 0 Å². The van der Waals surface area contributed by atoms with Crippen LogP contribution in [0.2, 0.25) is 10.0 Å². The Labute approximate surface area is 191 Å². The fourth-order valence-corrected chi connectivity index (χ4v) is 3.95. The number of carbonyl (C=O) groups excluding carboxylic acids is 1. The highest BCUT2D eigenvalue weighted by molar-refractivity contribution is 6.35. The molecule has 0 radical (unpaired) electrons. The van der Waals surface area contributed by atoms with E-state index in [1.54, 1.807) is 34.2 Å². The first-order chi connectivity index (χ1) is 15.2. The normalized spacial score (nSPS) is 14.7. The topological polar surface area (TPSA) is 58.6 Å². The summed E-state index contributed by atoms with van der Waals surface area (Å²) in [5.41, 5.74) is -0.331. The fourth-order valence-electron chi connectivity index (χ4n) is 3.45. The molecular formula is C21H17Cl2F3N4O2. The van der Waals surface area contributed by atoms with Crippen molar-refractivity contribution < 1.29 is 22.7 Å². The van der Waals surface area contributed by atoms with Gasteiger partial charge in [0.2, 0.25) is 0 Å². The van der Waals surface area contributed by atoms with Crippen molar-refractivity contribution in [1.82, 2.24) is 14.9 Å². The SMILES string of the molecule is O=C(COc1ccc(Cl)c2cccnc12)N1CCN(c2ncc(C(F)(F)F)cc2Cl)CC1. The molecule has 1 saturated heterocycles. The summed E-state index contributed by atoms with van der Waals surface area (Å²) in [6.45, 7) is 1.32. The minimum Gasteiger partial charge on any atom is -0.481 e. The highest BCUT2D eigenvalue weighted by Crippen LogP contribution is 2.34. The van der Waals surface area contributed by atoms with Gasteiger partial charge in [0.05, 0.1) is 15.6 Å². The van der Waals surface area contributed by atoms with Crippen molar-refractivity contribution in [2.24, 2.45) is 0 Å². The molecule has 0 saturated carbocycles. The van der Waals surface area contributed by atoms with Gasteiger partial charge in [-0.1, -0.05) is 23.2 Å². The van der Waals surface area contributed by atoms with Crippen molar-refractivity contribution in [1.29, 1.82) is 0 Å². The third kappa shape index (κ3) is 4.68. The Morgan fingerprint density at radius 1 is 1.06 bits per heavy atom. The van der Waals surface area contributed by atoms with E-state index >= 15 is 0 Å². The summed E-state index contributed by atoms with van der Waals surface area (Å²) < 4.78 is 44.1. The number of amides is 1. The van der Waals surface area contributed by atoms with E-state index in [1.807, 2.05) is 6.07 Å². The molecule has 3 aromatic rings. The maximum atomic E-state index is 12.8. The average Bonchev–Trinajstić information content (AvgIpc) is 2.78. The molecule has 0 atom stereocenters. The Balaban J connectivity index is 1.36. The number of aromatic nitrogens is 2. The molecule has 1 fully saturated rings. The summed E-state index contributed by atoms with van der Waals surface area (Å²) in [5.74, 6) is 0.509. The van der Waals surface area contributed by atoms with Gasteiger partial charge in [0, 0.05) is 44.0 Å². The van der Waals surface area contributed by atoms with Gasteiger partial charge in [-0.2, -0.15) is 13.2 Å². The van der Waals surface area contributed by atoms with Crippen molar-refractivity contribution in [3.8, 4) is 5.75 Å². The van der Waals surface area contributed by atoms with Gasteiger partial charge in [-0.3, -0.25) is 9.78 Å². The van der Waals surface area contributed by atoms with Crippen molar-refractivity contribution in [2.45, 2.75) is 6.18 Å². The second-order valence-electron chi connectivity index (χ2n) is 7.13. The van der Waals surface area contributed by atoms with E-state index in [-0.39, 0.29) is 23.4 Å². The number of ether oxygens (including phenoxy) is 1. The summed E-state index contributed by atoms with van der Waals surface area (Å²) in [6, 6.07) is 7.80. The zero-order valence-electron chi connectivity index (χ0n) is 16.6. The third-order valence-corrected chi connectivity index (χ3v) is 5.72. The fraction of sp³-hybridized carbons (Fsp3) is 0.286. The lowest BCUT2D eigenvalue weighted by molar-refractivity contribution is -0.138. The van der Waals surface area contributed by atoms with E-state index in [0.717, 1.165) is 17.6 Å². The molecule has 4 rings (SSSR count). The van der Waals surface area contributed by atoms with E-state index in [1.165, 1.54) is 0 Å². The van der Waals surface area contributed by atoms with Crippen molar-refractivity contribution in [2.75, 3.05) is 37.7 Å². The number of nitrogens with zero attached hydrogens (tertiary/aromatic N) is 4. The van der Waals surface area contributed by atoms with Crippen LogP contribution in [0, 0.1) is 0 Å². The molecule has 1 aromatic carbocycles. The molecule has 32 heavy (non-hydrogen) atoms. The number of halogens is 5. The van der Waals surface area contributed by atoms with Crippen LogP contribution < -0.4 is 9.64 Å². The Kier molecular flexibility index (Phi) is 6.30. The minimum atomic E-state index is -4.51. The molecule has 11 heteroatoms. The zero-order chi connectivity index (χ0) is 22.9. The summed E-state index contributed by atoms with van der Waals surface area (Å²) in [4.78, 5) is 24.1. The van der Waals surface area contributed by atoms with Gasteiger partial charge in [-0.25, -0.2) is 4.98 Å². The van der Waals surface area contributed by atoms with Crippen LogP contribution >= 0.6 is 23.2 Å². The Bertz CT molecular complexity index is 1150. The van der Waals surface area contributed by atoms with Crippen LogP contribution in [0.15, 0.2) is 42.7 Å². The monoisotopic (exact) mass is 484 g/mol. The first-order valence-electron chi connectivity index (χ1n) is 9.65. The van der Waals surface area contributed by atoms with E-state index in [0.29, 0.717) is 42.5 Å². The number of fused-ring (bicyclic) bond motifs is 1. The molecule has 0 N–H and O–H groups in total. The van der Waals surface area contributed by atoms with E-state index in [2.05, 4.69) is 9.97 Å². The van der Waals surface area contributed by atoms with Crippen molar-refractivity contribution in [3.05, 3.63) is 58.3 Å². The lowest BCUT2D eigenvalue weighted by atomic mass is 10.2. The molecule has 0 unspecified atom stereocenters. The van der Waals surface area contributed by atoms with Crippen LogP contribution in [0.5, 0.6) is 5.75 Å². The Hall–Kier alpha value is -2.78. The number of benzene rings is 1. The average molecular weight is 485 g/mol. The number of hydrogen-bond acceptors (Lipinski definition) is 5. The second kappa shape index (κ2) is 8.99. The summed E-state index contributed by atoms with van der Waals surface area (Å²) in [7, 11) is 0. The molecule has 0 bridgehead atoms. The molecule has 0 spiro atoms. The molecule has 1 aliphatic heterocycles. The standard InChI is InChI=1S/C21H17Cl2F3N4O2/c22-15-3-4-17(19-14(15)2-1-5-27-19)32-12-18(31)29-6-8-30(9-7-29)20-16(23)10-13(11-28-20)21(24,25)26/h1-5,10-11H,6-9,12H2. The molecule has 6 nitrogen and oxygen atoms in total. The van der Waals surface area contributed by atoms with Crippen LogP contribution in [-0.4, -0.2) is 53.6 Å². The van der Waals surface area contributed by atoms with Crippen LogP contribution in [0.25, 0.3) is 10.9 Å². The molecule has 2 aromatic heterocycles. The van der Waals surface area contributed by atoms with Crippen LogP contribution in [0.1, 0.15) is 5.56 Å². The largest absolute Gasteiger partial charge is 0.481 e. The van der Waals surface area contributed by atoms with Crippen LogP contribution in [-0.2, 0) is 11.0 Å². The quantitative estimate of drug-likeness (QED) is 0.537. The summed E-state index contributed by atoms with van der Waals surface area (Å²) >= 11 is 12.2. The minimum absolute atomic E-state index is 0.0787. The lowest BCUT2D eigenvalue weighted by Gasteiger charge is -2.35. The van der Waals surface area contributed by atoms with Crippen molar-refractivity contribution in [3.63, 3.8) is 0 Å². The van der Waals surface area contributed by atoms with Crippen molar-refractivity contribution >= 4 is 45.8 Å². The number of anilines is 1. The van der Waals surface area contributed by atoms with Gasteiger partial charge in [0.1, 0.15) is 17.1 Å². The van der Waals surface area contributed by atoms with Gasteiger partial charge in [0.25, 0.3) is 5.91 Å². The number of carbonyl (C=O) groups is 1. The highest BCUT2D eigenvalue weighted by atomic mass is 35.5. The number of pyridine rings is 2. The maximum absolute atomic E-state index is 12.8. The highest BCUT2D eigenvalue weighted by Gasteiger charge is 2.32. The van der Waals surface area contributed by atoms with Gasteiger partial charge >= 0.3 is 6.18 Å². The molecule has 1 aliphatic rings. The first kappa shape index (κ1) is 22.4. The summed E-state index contributed by atoms with van der Waals surface area (Å²) in [6.07, 6.45) is -2.13. The molecule has 168 valence electrons. The van der Waals surface area contributed by atoms with E-state index < -0.39 is 11.7 Å². The second-order valence-corrected chi connectivity index (χ2v) is 7.94. The van der Waals surface area contributed by atoms with E-state index in [9.17, 15) is 18.0 Å². The predicted molar refractivity (Wildman–Crippen MR) is 115 cm³/mol. The summed E-state index contributed by atoms with van der Waals surface area (Å²) in [5, 5.41) is 1.19. The lowest BCUT2D eigenvalue weighted by Crippen LogP contribution is -2.50. The number of alkyl halides is 3. The number of rotatable bonds is 4. The number of hydrogen-bond donors (Lipinski definition) is 0. The van der Waals surface area contributed by atoms with Gasteiger partial charge < -0.3 is 14.5 Å². The zero-order valence-corrected chi connectivity index (χ0v) is 18.1. The number of piperazine rings is 1. The van der Waals surface area contributed by atoms with Gasteiger partial charge in [-0.15, -0.1) is 0 Å². The smallest absolute Gasteiger partial charge is 0.417 e. The van der Waals surface area contributed by atoms with E-state index in [4.69, 9.17) is 27.9 Å². The van der Waals surface area contributed by atoms with Gasteiger partial charge in [0.15, 0.2) is 6.61 Å². The third-order valence-electron chi connectivity index (χ3n) is 5.11. The molecule has 3 heterocycles. The molecule has 1 amide bonds. The first-order valence-corrected chi connectivity index (χ1v) is 10.4. The van der Waals surface area contributed by atoms with Gasteiger partial charge in [-0.05, 0) is 30.3 Å². The molecular weight excluding hydrogens is 468 g/mol. The Morgan fingerprint density at radius 3 is 2.50 bits per heavy atom. The predicted octanol–water partition coefficient (Wildman–Crippen LogP) is 4.68. The molecule has 0 aliphatic carbocycles. The van der Waals surface area contributed by atoms with Crippen LogP contribution in [0.4, 0.5) is 19.0 Å². The Morgan fingerprint density at radius 2 is 1.81 bits per heavy atom. The maximum Gasteiger partial charge on any atom is 0.417 e.